The fourth-order valence-electron chi connectivity index (χ4n) is 3.51. The van der Waals surface area contributed by atoms with Crippen LogP contribution in [0.3, 0.4) is 0 Å². The first-order valence-electron chi connectivity index (χ1n) is 11.6. The summed E-state index contributed by atoms with van der Waals surface area (Å²) in [5.74, 6) is 0. The highest BCUT2D eigenvalue weighted by molar-refractivity contribution is 6.63. The second-order valence-corrected chi connectivity index (χ2v) is 10.9. The number of nitro groups is 1. The number of nitrogens with zero attached hydrogens (tertiary/aromatic N) is 4. The van der Waals surface area contributed by atoms with Gasteiger partial charge in [-0.2, -0.15) is 5.10 Å². The van der Waals surface area contributed by atoms with Gasteiger partial charge in [-0.25, -0.2) is 4.79 Å². The van der Waals surface area contributed by atoms with Gasteiger partial charge in [-0.05, 0) is 58.3 Å². The smallest absolute Gasteiger partial charge is 0.465 e. The second-order valence-electron chi connectivity index (χ2n) is 10.9. The van der Waals surface area contributed by atoms with Gasteiger partial charge in [0.2, 0.25) is 0 Å². The Labute approximate surface area is 207 Å². The van der Waals surface area contributed by atoms with Crippen LogP contribution in [-0.4, -0.2) is 62.2 Å². The number of aromatic nitrogens is 2. The summed E-state index contributed by atoms with van der Waals surface area (Å²) in [6, 6.07) is 0. The molecule has 11 heteroatoms. The molecule has 10 nitrogen and oxygen atoms in total. The van der Waals surface area contributed by atoms with Crippen LogP contribution < -0.4 is 5.46 Å². The Balaban J connectivity index is 2.43. The van der Waals surface area contributed by atoms with Crippen molar-refractivity contribution in [2.45, 2.75) is 73.1 Å². The maximum absolute atomic E-state index is 11.8. The van der Waals surface area contributed by atoms with Crippen LogP contribution in [-0.2, 0) is 15.9 Å². The number of amides is 1. The average Bonchev–Trinajstić information content (AvgIpc) is 3.22. The van der Waals surface area contributed by atoms with Crippen LogP contribution in [0, 0.1) is 15.5 Å². The zero-order chi connectivity index (χ0) is 26.8. The third-order valence-electron chi connectivity index (χ3n) is 6.11. The number of rotatable bonds is 9. The molecule has 0 aliphatic carbocycles. The first-order valence-corrected chi connectivity index (χ1v) is 11.6. The first-order chi connectivity index (χ1) is 16.0. The van der Waals surface area contributed by atoms with Gasteiger partial charge in [-0.15, -0.1) is 0 Å². The van der Waals surface area contributed by atoms with E-state index < -0.39 is 29.3 Å². The molecule has 0 unspecified atom stereocenters. The molecule has 1 aromatic rings. The highest BCUT2D eigenvalue weighted by atomic mass is 16.7. The topological polar surface area (TPSA) is 120 Å². The Hall–Kier alpha value is -2.92. The van der Waals surface area contributed by atoms with Crippen LogP contribution in [0.25, 0.3) is 5.57 Å². The molecule has 1 aliphatic rings. The Kier molecular flexibility index (Phi) is 8.39. The van der Waals surface area contributed by atoms with E-state index in [1.807, 2.05) is 48.5 Å². The molecule has 1 fully saturated rings. The van der Waals surface area contributed by atoms with Crippen molar-refractivity contribution >= 4 is 24.2 Å². The summed E-state index contributed by atoms with van der Waals surface area (Å²) >= 11 is 0. The molecule has 1 N–H and O–H groups in total. The molecule has 1 amide bonds. The van der Waals surface area contributed by atoms with Crippen LogP contribution >= 0.6 is 0 Å². The maximum atomic E-state index is 11.8. The summed E-state index contributed by atoms with van der Waals surface area (Å²) < 4.78 is 14.1. The molecular weight excluding hydrogens is 451 g/mol. The molecule has 1 aromatic heterocycles. The van der Waals surface area contributed by atoms with Crippen molar-refractivity contribution in [2.24, 2.45) is 5.41 Å². The van der Waals surface area contributed by atoms with Gasteiger partial charge in [0.05, 0.1) is 28.4 Å². The lowest BCUT2D eigenvalue weighted by molar-refractivity contribution is -0.418. The summed E-state index contributed by atoms with van der Waals surface area (Å²) in [6.07, 6.45) is 5.48. The van der Waals surface area contributed by atoms with Crippen molar-refractivity contribution in [1.29, 1.82) is 0 Å². The van der Waals surface area contributed by atoms with Crippen LogP contribution in [0.2, 0.25) is 0 Å². The summed E-state index contributed by atoms with van der Waals surface area (Å²) in [4.78, 5) is 23.5. The van der Waals surface area contributed by atoms with Crippen LogP contribution in [0.5, 0.6) is 0 Å². The van der Waals surface area contributed by atoms with E-state index in [2.05, 4.69) is 6.58 Å². The van der Waals surface area contributed by atoms with Gasteiger partial charge in [0.1, 0.15) is 0 Å². The van der Waals surface area contributed by atoms with Crippen LogP contribution in [0.15, 0.2) is 36.7 Å². The lowest BCUT2D eigenvalue weighted by Crippen LogP contribution is -2.41. The zero-order valence-electron chi connectivity index (χ0n) is 22.0. The largest absolute Gasteiger partial charge is 0.498 e. The van der Waals surface area contributed by atoms with E-state index in [1.165, 1.54) is 11.0 Å². The number of carboxylic acid groups (broad SMARTS) is 1. The Morgan fingerprint density at radius 3 is 2.31 bits per heavy atom. The van der Waals surface area contributed by atoms with Crippen molar-refractivity contribution in [3.8, 4) is 0 Å². The van der Waals surface area contributed by atoms with Gasteiger partial charge >= 0.3 is 13.2 Å². The van der Waals surface area contributed by atoms with E-state index in [4.69, 9.17) is 14.4 Å². The van der Waals surface area contributed by atoms with Gasteiger partial charge in [-0.3, -0.25) is 14.8 Å². The van der Waals surface area contributed by atoms with E-state index >= 15 is 0 Å². The highest BCUT2D eigenvalue weighted by Gasteiger charge is 2.52. The molecule has 0 spiro atoms. The molecule has 0 saturated carbocycles. The molecule has 0 aromatic carbocycles. The predicted octanol–water partition coefficient (Wildman–Crippen LogP) is 3.96. The third-order valence-corrected chi connectivity index (χ3v) is 6.11. The molecule has 0 bridgehead atoms. The minimum atomic E-state index is -0.992. The van der Waals surface area contributed by atoms with E-state index in [9.17, 15) is 20.0 Å². The molecule has 2 heterocycles. The Bertz CT molecular complexity index is 1020. The fraction of sp³-hybridized carbons (Fsp3) is 0.583. The minimum Gasteiger partial charge on any atom is -0.465 e. The number of carbonyl (C=O) groups is 1. The maximum Gasteiger partial charge on any atom is 0.498 e. The average molecular weight is 488 g/mol. The number of allylic oxidation sites excluding steroid dienone is 4. The monoisotopic (exact) mass is 488 g/mol. The van der Waals surface area contributed by atoms with Crippen molar-refractivity contribution in [2.75, 3.05) is 13.1 Å². The number of hydrogen-bond donors (Lipinski definition) is 1. The van der Waals surface area contributed by atoms with Crippen molar-refractivity contribution in [1.82, 2.24) is 14.7 Å². The van der Waals surface area contributed by atoms with Crippen molar-refractivity contribution in [3.05, 3.63) is 52.5 Å². The second kappa shape index (κ2) is 10.4. The lowest BCUT2D eigenvalue weighted by Gasteiger charge is -2.32. The van der Waals surface area contributed by atoms with E-state index in [0.29, 0.717) is 29.8 Å². The molecule has 2 rings (SSSR count). The third kappa shape index (κ3) is 7.05. The van der Waals surface area contributed by atoms with Crippen LogP contribution in [0.1, 0.15) is 61.1 Å². The fourth-order valence-corrected chi connectivity index (χ4v) is 3.51. The summed E-state index contributed by atoms with van der Waals surface area (Å²) in [5, 5.41) is 25.3. The molecule has 0 atom stereocenters. The highest BCUT2D eigenvalue weighted by Crippen LogP contribution is 2.37. The number of hydrogen-bond acceptors (Lipinski definition) is 6. The lowest BCUT2D eigenvalue weighted by atomic mass is 9.78. The molecule has 192 valence electrons. The van der Waals surface area contributed by atoms with Gasteiger partial charge in [0.15, 0.2) is 0 Å². The standard InChI is InChI=1S/C24H37BN4O6/c1-10-18(12-11-17(2)29(32)33)20-19(25-34-23(6,7)24(8,9)35-25)15-28(26-20)14-13-27(21(30)31)16-22(3,4)5/h10-12,15H,2,13-14,16H2,1,3-9H3,(H,30,31). The predicted molar refractivity (Wildman–Crippen MR) is 136 cm³/mol. The van der Waals surface area contributed by atoms with Crippen molar-refractivity contribution < 1.29 is 24.1 Å². The summed E-state index contributed by atoms with van der Waals surface area (Å²) in [7, 11) is -0.712. The minimum absolute atomic E-state index is 0.191. The SMILES string of the molecule is C=C(C=CC(=CC)c1nn(CCN(CC(C)(C)C)C(=O)O)cc1B1OC(C)(C)C(C)(C)O1)[N+](=O)[O-]. The zero-order valence-corrected chi connectivity index (χ0v) is 22.0. The van der Waals surface area contributed by atoms with Crippen molar-refractivity contribution in [3.63, 3.8) is 0 Å². The molecule has 0 radical (unpaired) electrons. The van der Waals surface area contributed by atoms with Crippen LogP contribution in [0.4, 0.5) is 4.79 Å². The Morgan fingerprint density at radius 2 is 1.86 bits per heavy atom. The normalized spacial score (nSPS) is 17.7. The quantitative estimate of drug-likeness (QED) is 0.242. The summed E-state index contributed by atoms with van der Waals surface area (Å²) in [5.41, 5.74) is 0.235. The van der Waals surface area contributed by atoms with E-state index in [0.717, 1.165) is 0 Å². The van der Waals surface area contributed by atoms with E-state index in [1.54, 1.807) is 30.0 Å². The summed E-state index contributed by atoms with van der Waals surface area (Å²) in [6.45, 7) is 19.9. The van der Waals surface area contributed by atoms with Gasteiger partial charge < -0.3 is 19.3 Å². The van der Waals surface area contributed by atoms with Gasteiger partial charge in [0.25, 0.3) is 5.70 Å². The molecule has 1 aliphatic heterocycles. The molecular formula is C24H37BN4O6. The first kappa shape index (κ1) is 28.3. The van der Waals surface area contributed by atoms with E-state index in [-0.39, 0.29) is 17.7 Å². The molecule has 1 saturated heterocycles. The van der Waals surface area contributed by atoms with Gasteiger partial charge in [-0.1, -0.05) is 26.8 Å². The Morgan fingerprint density at radius 1 is 1.29 bits per heavy atom. The van der Waals surface area contributed by atoms with Gasteiger partial charge in [0, 0.05) is 30.8 Å². The molecule has 35 heavy (non-hydrogen) atoms.